The van der Waals surface area contributed by atoms with Crippen LogP contribution in [-0.2, 0) is 9.39 Å². The second kappa shape index (κ2) is 6.89. The van der Waals surface area contributed by atoms with Gasteiger partial charge < -0.3 is 14.4 Å². The number of ether oxygens (including phenoxy) is 1. The Morgan fingerprint density at radius 2 is 2.50 bits per heavy atom. The molecule has 1 unspecified atom stereocenters. The minimum atomic E-state index is -0.666. The average molecular weight is 224 g/mol. The van der Waals surface area contributed by atoms with Crippen molar-refractivity contribution in [2.75, 3.05) is 13.7 Å². The third-order valence-electron chi connectivity index (χ3n) is 2.75. The van der Waals surface area contributed by atoms with Gasteiger partial charge in [-0.05, 0) is 17.6 Å². The largest absolute Gasteiger partial charge is 0.458 e. The van der Waals surface area contributed by atoms with E-state index in [4.69, 9.17) is 9.39 Å². The van der Waals surface area contributed by atoms with Crippen LogP contribution in [0.3, 0.4) is 0 Å². The molecule has 0 aromatic carbocycles. The topological polar surface area (TPSA) is 38.7 Å². The van der Waals surface area contributed by atoms with E-state index in [0.717, 1.165) is 30.4 Å². The van der Waals surface area contributed by atoms with Gasteiger partial charge in [-0.3, -0.25) is 0 Å². The number of allylic oxidation sites excluding steroid dienone is 1. The summed E-state index contributed by atoms with van der Waals surface area (Å²) < 4.78 is 10.6. The van der Waals surface area contributed by atoms with Crippen LogP contribution in [0.25, 0.3) is 0 Å². The van der Waals surface area contributed by atoms with Gasteiger partial charge in [0.2, 0.25) is 0 Å². The van der Waals surface area contributed by atoms with Gasteiger partial charge in [-0.2, -0.15) is 0 Å². The minimum Gasteiger partial charge on any atom is -0.427 e. The Bertz CT molecular complexity index is 263. The molecule has 1 aliphatic rings. The zero-order valence-electron chi connectivity index (χ0n) is 10.2. The summed E-state index contributed by atoms with van der Waals surface area (Å²) in [5.41, 5.74) is 2.05. The van der Waals surface area contributed by atoms with Crippen molar-refractivity contribution in [3.63, 3.8) is 0 Å². The fourth-order valence-corrected chi connectivity index (χ4v) is 1.92. The van der Waals surface area contributed by atoms with Crippen LogP contribution in [0.5, 0.6) is 0 Å². The molecule has 0 bridgehead atoms. The molecule has 1 heterocycles. The first-order chi connectivity index (χ1) is 7.69. The van der Waals surface area contributed by atoms with Crippen molar-refractivity contribution in [2.45, 2.75) is 38.6 Å². The van der Waals surface area contributed by atoms with Crippen LogP contribution in [-0.4, -0.2) is 32.0 Å². The second-order valence-corrected chi connectivity index (χ2v) is 4.15. The zero-order valence-corrected chi connectivity index (χ0v) is 10.2. The normalized spacial score (nSPS) is 20.8. The number of rotatable bonds is 6. The van der Waals surface area contributed by atoms with E-state index < -0.39 is 7.12 Å². The first kappa shape index (κ1) is 13.5. The van der Waals surface area contributed by atoms with Crippen LogP contribution in [0, 0.1) is 0 Å². The van der Waals surface area contributed by atoms with Gasteiger partial charge in [0.15, 0.2) is 0 Å². The van der Waals surface area contributed by atoms with Crippen LogP contribution in [0.15, 0.2) is 23.8 Å². The Morgan fingerprint density at radius 3 is 3.12 bits per heavy atom. The molecule has 1 N–H and O–H groups in total. The molecule has 90 valence electrons. The summed E-state index contributed by atoms with van der Waals surface area (Å²) in [6.45, 7) is 6.66. The first-order valence-corrected chi connectivity index (χ1v) is 5.89. The lowest BCUT2D eigenvalue weighted by molar-refractivity contribution is 0.173. The van der Waals surface area contributed by atoms with Gasteiger partial charge >= 0.3 is 7.12 Å². The van der Waals surface area contributed by atoms with E-state index in [-0.39, 0.29) is 6.10 Å². The molecule has 1 rings (SSSR count). The fourth-order valence-electron chi connectivity index (χ4n) is 1.92. The number of hydrogen-bond donors (Lipinski definition) is 1. The van der Waals surface area contributed by atoms with Crippen molar-refractivity contribution in [1.29, 1.82) is 0 Å². The highest BCUT2D eigenvalue weighted by molar-refractivity contribution is 6.43. The van der Waals surface area contributed by atoms with Gasteiger partial charge in [0, 0.05) is 13.4 Å². The Labute approximate surface area is 98.3 Å². The Hall–Kier alpha value is -0.575. The Morgan fingerprint density at radius 1 is 1.75 bits per heavy atom. The molecule has 0 aliphatic carbocycles. The highest BCUT2D eigenvalue weighted by atomic mass is 16.5. The van der Waals surface area contributed by atoms with E-state index in [2.05, 4.69) is 13.5 Å². The van der Waals surface area contributed by atoms with Gasteiger partial charge in [-0.15, -0.1) is 0 Å². The van der Waals surface area contributed by atoms with Crippen molar-refractivity contribution in [3.8, 4) is 0 Å². The molecule has 0 spiro atoms. The molecule has 1 atom stereocenters. The van der Waals surface area contributed by atoms with Gasteiger partial charge in [0.1, 0.15) is 0 Å². The van der Waals surface area contributed by atoms with Gasteiger partial charge in [0.25, 0.3) is 0 Å². The molecule has 0 fully saturated rings. The average Bonchev–Trinajstić information content (AvgIpc) is 2.26. The standard InChI is InChI=1S/C12H21BO3/c1-4-5-6-12-11(10(2)9-15-3)7-8-13(14)16-12/h7,12,14H,2,4-6,8-9H2,1,3H3. The Balaban J connectivity index is 2.65. The summed E-state index contributed by atoms with van der Waals surface area (Å²) >= 11 is 0. The van der Waals surface area contributed by atoms with Crippen molar-refractivity contribution in [1.82, 2.24) is 0 Å². The van der Waals surface area contributed by atoms with Crippen LogP contribution in [0.2, 0.25) is 6.32 Å². The lowest BCUT2D eigenvalue weighted by Gasteiger charge is -2.28. The van der Waals surface area contributed by atoms with Crippen molar-refractivity contribution in [3.05, 3.63) is 23.8 Å². The van der Waals surface area contributed by atoms with Gasteiger partial charge in [0.05, 0.1) is 12.7 Å². The summed E-state index contributed by atoms with van der Waals surface area (Å²) in [6.07, 6.45) is 5.69. The zero-order chi connectivity index (χ0) is 12.0. The van der Waals surface area contributed by atoms with E-state index in [0.29, 0.717) is 12.9 Å². The molecule has 3 nitrogen and oxygen atoms in total. The highest BCUT2D eigenvalue weighted by Gasteiger charge is 2.27. The molecule has 0 saturated carbocycles. The number of hydrogen-bond acceptors (Lipinski definition) is 3. The molecular weight excluding hydrogens is 203 g/mol. The maximum Gasteiger partial charge on any atom is 0.458 e. The summed E-state index contributed by atoms with van der Waals surface area (Å²) in [5, 5.41) is 9.48. The third-order valence-corrected chi connectivity index (χ3v) is 2.75. The third kappa shape index (κ3) is 3.78. The lowest BCUT2D eigenvalue weighted by atomic mass is 9.78. The summed E-state index contributed by atoms with van der Waals surface area (Å²) in [6, 6.07) is 0. The Kier molecular flexibility index (Phi) is 5.81. The van der Waals surface area contributed by atoms with E-state index in [1.54, 1.807) is 7.11 Å². The maximum atomic E-state index is 9.48. The van der Waals surface area contributed by atoms with Crippen LogP contribution in [0.1, 0.15) is 26.2 Å². The van der Waals surface area contributed by atoms with Crippen LogP contribution < -0.4 is 0 Å². The maximum absolute atomic E-state index is 9.48. The molecular formula is C12H21BO3. The molecule has 0 radical (unpaired) electrons. The molecule has 4 heteroatoms. The SMILES string of the molecule is C=C(COC)C1=CCB(O)OC1CCCC. The van der Waals surface area contributed by atoms with Crippen molar-refractivity contribution < 1.29 is 14.4 Å². The van der Waals surface area contributed by atoms with Gasteiger partial charge in [-0.25, -0.2) is 0 Å². The molecule has 0 amide bonds. The molecule has 0 aromatic heterocycles. The second-order valence-electron chi connectivity index (χ2n) is 4.15. The monoisotopic (exact) mass is 224 g/mol. The summed E-state index contributed by atoms with van der Waals surface area (Å²) in [4.78, 5) is 0. The number of methoxy groups -OCH3 is 1. The van der Waals surface area contributed by atoms with Crippen LogP contribution in [0.4, 0.5) is 0 Å². The van der Waals surface area contributed by atoms with E-state index in [1.807, 2.05) is 6.08 Å². The van der Waals surface area contributed by atoms with Crippen molar-refractivity contribution >= 4 is 7.12 Å². The molecule has 0 saturated heterocycles. The smallest absolute Gasteiger partial charge is 0.427 e. The van der Waals surface area contributed by atoms with Crippen LogP contribution >= 0.6 is 0 Å². The number of unbranched alkanes of at least 4 members (excludes halogenated alkanes) is 1. The van der Waals surface area contributed by atoms with Gasteiger partial charge in [-0.1, -0.05) is 32.4 Å². The predicted octanol–water partition coefficient (Wildman–Crippen LogP) is 2.18. The molecule has 16 heavy (non-hydrogen) atoms. The molecule has 1 aliphatic heterocycles. The predicted molar refractivity (Wildman–Crippen MR) is 66.3 cm³/mol. The van der Waals surface area contributed by atoms with E-state index in [1.165, 1.54) is 0 Å². The lowest BCUT2D eigenvalue weighted by Crippen LogP contribution is -2.32. The summed E-state index contributed by atoms with van der Waals surface area (Å²) in [7, 11) is 0.992. The summed E-state index contributed by atoms with van der Waals surface area (Å²) in [5.74, 6) is 0. The quantitative estimate of drug-likeness (QED) is 0.703. The highest BCUT2D eigenvalue weighted by Crippen LogP contribution is 2.26. The van der Waals surface area contributed by atoms with E-state index in [9.17, 15) is 5.02 Å². The minimum absolute atomic E-state index is 0.0219. The first-order valence-electron chi connectivity index (χ1n) is 5.89. The fraction of sp³-hybridized carbons (Fsp3) is 0.667. The van der Waals surface area contributed by atoms with E-state index >= 15 is 0 Å². The molecule has 0 aromatic rings. The van der Waals surface area contributed by atoms with Crippen molar-refractivity contribution in [2.24, 2.45) is 0 Å².